The second-order valence-corrected chi connectivity index (χ2v) is 7.72. The van der Waals surface area contributed by atoms with Crippen LogP contribution in [0.4, 0.5) is 10.1 Å². The van der Waals surface area contributed by atoms with Gasteiger partial charge >= 0.3 is 0 Å². The van der Waals surface area contributed by atoms with Gasteiger partial charge in [-0.25, -0.2) is 4.39 Å². The predicted molar refractivity (Wildman–Crippen MR) is 127 cm³/mol. The monoisotopic (exact) mass is 473 g/mol. The minimum absolute atomic E-state index is 0.125. The lowest BCUT2D eigenvalue weighted by Gasteiger charge is -2.34. The average Bonchev–Trinajstić information content (AvgIpc) is 2.83. The SMILES string of the molecule is CCOc1cc(C(=O)N2CCN(CC(=O)Nc3ccc(F)cc3)CC2)cc(OCC)c1OCC. The molecule has 8 nitrogen and oxygen atoms in total. The molecule has 0 aliphatic carbocycles. The molecule has 2 aromatic rings. The van der Waals surface area contributed by atoms with Crippen LogP contribution in [0.3, 0.4) is 0 Å². The lowest BCUT2D eigenvalue weighted by molar-refractivity contribution is -0.117. The van der Waals surface area contributed by atoms with Crippen LogP contribution in [0.25, 0.3) is 0 Å². The van der Waals surface area contributed by atoms with Crippen LogP contribution in [0.2, 0.25) is 0 Å². The maximum atomic E-state index is 13.2. The van der Waals surface area contributed by atoms with E-state index in [1.807, 2.05) is 25.7 Å². The standard InChI is InChI=1S/C25H32FN3O5/c1-4-32-21-15-18(16-22(33-5-2)24(21)34-6-3)25(31)29-13-11-28(12-14-29)17-23(30)27-20-9-7-19(26)8-10-20/h7-10,15-16H,4-6,11-14,17H2,1-3H3,(H,27,30). The molecule has 2 amide bonds. The summed E-state index contributed by atoms with van der Waals surface area (Å²) in [6, 6.07) is 9.04. The van der Waals surface area contributed by atoms with Crippen LogP contribution < -0.4 is 19.5 Å². The molecule has 0 saturated carbocycles. The number of anilines is 1. The van der Waals surface area contributed by atoms with E-state index in [4.69, 9.17) is 14.2 Å². The summed E-state index contributed by atoms with van der Waals surface area (Å²) < 4.78 is 30.2. The van der Waals surface area contributed by atoms with Crippen molar-refractivity contribution in [2.75, 3.05) is 57.9 Å². The van der Waals surface area contributed by atoms with Gasteiger partial charge in [-0.1, -0.05) is 0 Å². The van der Waals surface area contributed by atoms with Crippen LogP contribution in [0.15, 0.2) is 36.4 Å². The Balaban J connectivity index is 1.61. The van der Waals surface area contributed by atoms with Gasteiger partial charge < -0.3 is 24.4 Å². The molecule has 184 valence electrons. The van der Waals surface area contributed by atoms with Gasteiger partial charge in [-0.05, 0) is 57.2 Å². The topological polar surface area (TPSA) is 80.3 Å². The van der Waals surface area contributed by atoms with Crippen LogP contribution in [0.5, 0.6) is 17.2 Å². The Kier molecular flexibility index (Phi) is 9.09. The van der Waals surface area contributed by atoms with Gasteiger partial charge in [0.2, 0.25) is 11.7 Å². The number of hydrogen-bond donors (Lipinski definition) is 1. The highest BCUT2D eigenvalue weighted by molar-refractivity contribution is 5.96. The molecular formula is C25H32FN3O5. The fourth-order valence-corrected chi connectivity index (χ4v) is 3.74. The van der Waals surface area contributed by atoms with Crippen molar-refractivity contribution in [1.29, 1.82) is 0 Å². The molecule has 0 unspecified atom stereocenters. The van der Waals surface area contributed by atoms with Crippen molar-refractivity contribution in [3.8, 4) is 17.2 Å². The molecule has 1 heterocycles. The zero-order chi connectivity index (χ0) is 24.5. The Morgan fingerprint density at radius 2 is 1.44 bits per heavy atom. The van der Waals surface area contributed by atoms with Gasteiger partial charge in [0, 0.05) is 37.4 Å². The third kappa shape index (κ3) is 6.60. The summed E-state index contributed by atoms with van der Waals surface area (Å²) in [5, 5.41) is 2.76. The molecule has 1 fully saturated rings. The van der Waals surface area contributed by atoms with Crippen LogP contribution in [-0.4, -0.2) is 74.2 Å². The molecule has 1 saturated heterocycles. The van der Waals surface area contributed by atoms with Crippen LogP contribution in [0.1, 0.15) is 31.1 Å². The summed E-state index contributed by atoms with van der Waals surface area (Å²) in [6.45, 7) is 9.25. The molecule has 0 atom stereocenters. The quantitative estimate of drug-likeness (QED) is 0.570. The number of nitrogens with zero attached hydrogens (tertiary/aromatic N) is 2. The summed E-state index contributed by atoms with van der Waals surface area (Å²) in [4.78, 5) is 29.3. The number of ether oxygens (including phenoxy) is 3. The first-order chi connectivity index (χ1) is 16.4. The number of piperazine rings is 1. The number of rotatable bonds is 10. The van der Waals surface area contributed by atoms with Crippen LogP contribution in [0, 0.1) is 5.82 Å². The minimum atomic E-state index is -0.354. The lowest BCUT2D eigenvalue weighted by atomic mass is 10.1. The Morgan fingerprint density at radius 1 is 0.882 bits per heavy atom. The summed E-state index contributed by atoms with van der Waals surface area (Å²) in [5.74, 6) is 0.804. The first kappa shape index (κ1) is 25.3. The average molecular weight is 474 g/mol. The molecule has 0 spiro atoms. The van der Waals surface area contributed by atoms with Crippen molar-refractivity contribution in [2.24, 2.45) is 0 Å². The Bertz CT molecular complexity index is 948. The number of halogens is 1. The van der Waals surface area contributed by atoms with Gasteiger partial charge in [-0.2, -0.15) is 0 Å². The highest BCUT2D eigenvalue weighted by atomic mass is 19.1. The first-order valence-electron chi connectivity index (χ1n) is 11.6. The normalized spacial score (nSPS) is 13.9. The summed E-state index contributed by atoms with van der Waals surface area (Å²) in [5.41, 5.74) is 1.02. The highest BCUT2D eigenvalue weighted by Crippen LogP contribution is 2.39. The van der Waals surface area contributed by atoms with Crippen molar-refractivity contribution in [2.45, 2.75) is 20.8 Å². The van der Waals surface area contributed by atoms with Crippen molar-refractivity contribution < 1.29 is 28.2 Å². The van der Waals surface area contributed by atoms with Crippen LogP contribution in [-0.2, 0) is 4.79 Å². The minimum Gasteiger partial charge on any atom is -0.490 e. The Labute approximate surface area is 199 Å². The lowest BCUT2D eigenvalue weighted by Crippen LogP contribution is -2.50. The van der Waals surface area contributed by atoms with Crippen LogP contribution >= 0.6 is 0 Å². The van der Waals surface area contributed by atoms with Gasteiger partial charge in [0.25, 0.3) is 5.91 Å². The zero-order valence-corrected chi connectivity index (χ0v) is 19.9. The number of benzene rings is 2. The number of nitrogens with one attached hydrogen (secondary N) is 1. The summed E-state index contributed by atoms with van der Waals surface area (Å²) in [6.07, 6.45) is 0. The van der Waals surface area contributed by atoms with Gasteiger partial charge in [-0.15, -0.1) is 0 Å². The summed E-state index contributed by atoms with van der Waals surface area (Å²) >= 11 is 0. The van der Waals surface area contributed by atoms with E-state index in [1.165, 1.54) is 24.3 Å². The molecule has 0 bridgehead atoms. The molecule has 1 aliphatic heterocycles. The number of carbonyl (C=O) groups is 2. The summed E-state index contributed by atoms with van der Waals surface area (Å²) in [7, 11) is 0. The maximum Gasteiger partial charge on any atom is 0.254 e. The van der Waals surface area contributed by atoms with E-state index in [2.05, 4.69) is 5.32 Å². The second kappa shape index (κ2) is 12.2. The molecule has 9 heteroatoms. The van der Waals surface area contributed by atoms with Gasteiger partial charge in [0.1, 0.15) is 5.82 Å². The fraction of sp³-hybridized carbons (Fsp3) is 0.440. The third-order valence-corrected chi connectivity index (χ3v) is 5.31. The second-order valence-electron chi connectivity index (χ2n) is 7.72. The van der Waals surface area contributed by atoms with Crippen molar-refractivity contribution >= 4 is 17.5 Å². The van der Waals surface area contributed by atoms with Crippen molar-refractivity contribution in [1.82, 2.24) is 9.80 Å². The molecule has 0 radical (unpaired) electrons. The zero-order valence-electron chi connectivity index (χ0n) is 19.9. The van der Waals surface area contributed by atoms with E-state index in [1.54, 1.807) is 17.0 Å². The third-order valence-electron chi connectivity index (χ3n) is 5.31. The smallest absolute Gasteiger partial charge is 0.254 e. The van der Waals surface area contributed by atoms with E-state index in [0.29, 0.717) is 74.5 Å². The maximum absolute atomic E-state index is 13.2. The Morgan fingerprint density at radius 3 is 1.97 bits per heavy atom. The van der Waals surface area contributed by atoms with Crippen molar-refractivity contribution in [3.63, 3.8) is 0 Å². The van der Waals surface area contributed by atoms with E-state index >= 15 is 0 Å². The molecule has 1 N–H and O–H groups in total. The van der Waals surface area contributed by atoms with Gasteiger partial charge in [0.05, 0.1) is 26.4 Å². The van der Waals surface area contributed by atoms with E-state index < -0.39 is 0 Å². The largest absolute Gasteiger partial charge is 0.490 e. The fourth-order valence-electron chi connectivity index (χ4n) is 3.74. The highest BCUT2D eigenvalue weighted by Gasteiger charge is 2.26. The van der Waals surface area contributed by atoms with Gasteiger partial charge in [-0.3, -0.25) is 14.5 Å². The molecule has 2 aromatic carbocycles. The number of amides is 2. The molecule has 3 rings (SSSR count). The Hall–Kier alpha value is -3.33. The predicted octanol–water partition coefficient (Wildman–Crippen LogP) is 3.42. The molecular weight excluding hydrogens is 441 g/mol. The van der Waals surface area contributed by atoms with Gasteiger partial charge in [0.15, 0.2) is 11.5 Å². The number of carbonyl (C=O) groups excluding carboxylic acids is 2. The van der Waals surface area contributed by atoms with Crippen molar-refractivity contribution in [3.05, 3.63) is 47.8 Å². The van der Waals surface area contributed by atoms with E-state index in [0.717, 1.165) is 0 Å². The molecule has 0 aromatic heterocycles. The molecule has 1 aliphatic rings. The first-order valence-corrected chi connectivity index (χ1v) is 11.6. The number of hydrogen-bond acceptors (Lipinski definition) is 6. The van der Waals surface area contributed by atoms with E-state index in [-0.39, 0.29) is 24.2 Å². The molecule has 34 heavy (non-hydrogen) atoms. The van der Waals surface area contributed by atoms with E-state index in [9.17, 15) is 14.0 Å².